The molecule has 0 unspecified atom stereocenters. The molecule has 1 saturated carbocycles. The number of rotatable bonds is 5. The summed E-state index contributed by atoms with van der Waals surface area (Å²) in [7, 11) is 0. The van der Waals surface area contributed by atoms with Gasteiger partial charge >= 0.3 is 0 Å². The van der Waals surface area contributed by atoms with E-state index in [0.717, 1.165) is 49.6 Å². The fourth-order valence-electron chi connectivity index (χ4n) is 3.39. The molecule has 1 saturated heterocycles. The van der Waals surface area contributed by atoms with E-state index in [4.69, 9.17) is 9.72 Å². The first-order chi connectivity index (χ1) is 11.2. The number of aryl methyl sites for hydroxylation is 1. The summed E-state index contributed by atoms with van der Waals surface area (Å²) in [4.78, 5) is 19.5. The summed E-state index contributed by atoms with van der Waals surface area (Å²) in [5, 5.41) is 0. The average Bonchev–Trinajstić information content (AvgIpc) is 3.25. The van der Waals surface area contributed by atoms with E-state index < -0.39 is 0 Å². The highest BCUT2D eigenvalue weighted by molar-refractivity contribution is 5.39. The van der Waals surface area contributed by atoms with Gasteiger partial charge < -0.3 is 4.74 Å². The van der Waals surface area contributed by atoms with Crippen LogP contribution in [0.3, 0.4) is 0 Å². The Kier molecular flexibility index (Phi) is 3.91. The van der Waals surface area contributed by atoms with E-state index in [0.29, 0.717) is 12.0 Å². The zero-order valence-electron chi connectivity index (χ0n) is 13.6. The molecule has 23 heavy (non-hydrogen) atoms. The molecule has 1 aliphatic heterocycles. The monoisotopic (exact) mass is 313 g/mol. The number of aromatic nitrogens is 2. The average molecular weight is 313 g/mol. The molecule has 122 valence electrons. The highest BCUT2D eigenvalue weighted by Crippen LogP contribution is 2.30. The van der Waals surface area contributed by atoms with Crippen molar-refractivity contribution in [2.45, 2.75) is 38.8 Å². The Bertz CT molecular complexity index is 760. The third-order valence-electron chi connectivity index (χ3n) is 4.81. The summed E-state index contributed by atoms with van der Waals surface area (Å²) in [6, 6.07) is 6.27. The number of ether oxygens (including phenoxy) is 1. The summed E-state index contributed by atoms with van der Waals surface area (Å²) < 4.78 is 7.13. The summed E-state index contributed by atoms with van der Waals surface area (Å²) in [6.45, 7) is 5.56. The third kappa shape index (κ3) is 3.31. The fourth-order valence-corrected chi connectivity index (χ4v) is 3.39. The highest BCUT2D eigenvalue weighted by Gasteiger charge is 2.31. The van der Waals surface area contributed by atoms with Gasteiger partial charge in [0.15, 0.2) is 0 Å². The lowest BCUT2D eigenvalue weighted by Gasteiger charge is -2.24. The molecule has 1 atom stereocenters. The van der Waals surface area contributed by atoms with Gasteiger partial charge in [0.1, 0.15) is 5.65 Å². The van der Waals surface area contributed by atoms with Gasteiger partial charge in [-0.05, 0) is 43.7 Å². The molecule has 0 bridgehead atoms. The number of hydrogen-bond donors (Lipinski definition) is 0. The lowest BCUT2D eigenvalue weighted by molar-refractivity contribution is 0.161. The minimum absolute atomic E-state index is 0.00801. The first-order valence-corrected chi connectivity index (χ1v) is 8.50. The van der Waals surface area contributed by atoms with Crippen molar-refractivity contribution in [3.8, 4) is 0 Å². The second-order valence-corrected chi connectivity index (χ2v) is 6.91. The molecule has 0 spiro atoms. The second-order valence-electron chi connectivity index (χ2n) is 6.91. The van der Waals surface area contributed by atoms with Crippen molar-refractivity contribution >= 4 is 5.65 Å². The van der Waals surface area contributed by atoms with E-state index >= 15 is 0 Å². The predicted molar refractivity (Wildman–Crippen MR) is 88.6 cm³/mol. The maximum Gasteiger partial charge on any atom is 0.258 e. The molecule has 0 N–H and O–H groups in total. The zero-order chi connectivity index (χ0) is 15.8. The quantitative estimate of drug-likeness (QED) is 0.847. The van der Waals surface area contributed by atoms with Crippen molar-refractivity contribution < 1.29 is 4.74 Å². The minimum Gasteiger partial charge on any atom is -0.381 e. The predicted octanol–water partition coefficient (Wildman–Crippen LogP) is 2.00. The fraction of sp³-hybridized carbons (Fsp3) is 0.556. The van der Waals surface area contributed by atoms with E-state index in [-0.39, 0.29) is 5.56 Å². The molecule has 1 aliphatic carbocycles. The molecule has 2 aliphatic rings. The molecule has 5 heteroatoms. The van der Waals surface area contributed by atoms with Gasteiger partial charge in [0.2, 0.25) is 0 Å². The molecule has 2 aromatic heterocycles. The molecule has 2 fully saturated rings. The SMILES string of the molecule is Cc1ccc2nc(CN(C[C@H]3CCOC3)C3CC3)cc(=O)n2c1. The Morgan fingerprint density at radius 3 is 2.96 bits per heavy atom. The Labute approximate surface area is 135 Å². The largest absolute Gasteiger partial charge is 0.381 e. The number of fused-ring (bicyclic) bond motifs is 1. The van der Waals surface area contributed by atoms with Gasteiger partial charge in [0.05, 0.1) is 12.3 Å². The van der Waals surface area contributed by atoms with Crippen LogP contribution in [-0.2, 0) is 11.3 Å². The molecule has 0 radical (unpaired) electrons. The lowest BCUT2D eigenvalue weighted by atomic mass is 10.1. The van der Waals surface area contributed by atoms with E-state index in [1.165, 1.54) is 12.8 Å². The highest BCUT2D eigenvalue weighted by atomic mass is 16.5. The molecule has 2 aromatic rings. The van der Waals surface area contributed by atoms with Crippen LogP contribution in [0.25, 0.3) is 5.65 Å². The standard InChI is InChI=1S/C18H23N3O2/c1-13-2-5-17-19-15(8-18(22)21(17)9-13)11-20(16-3-4-16)10-14-6-7-23-12-14/h2,5,8-9,14,16H,3-4,6-7,10-12H2,1H3/t14-/m1/s1. The summed E-state index contributed by atoms with van der Waals surface area (Å²) in [5.41, 5.74) is 2.69. The molecule has 4 rings (SSSR count). The number of hydrogen-bond acceptors (Lipinski definition) is 4. The van der Waals surface area contributed by atoms with E-state index in [9.17, 15) is 4.79 Å². The van der Waals surface area contributed by atoms with Crippen LogP contribution in [0.15, 0.2) is 29.2 Å². The summed E-state index contributed by atoms with van der Waals surface area (Å²) in [6.07, 6.45) is 5.53. The molecular weight excluding hydrogens is 290 g/mol. The van der Waals surface area contributed by atoms with Crippen molar-refractivity contribution in [2.24, 2.45) is 5.92 Å². The minimum atomic E-state index is 0.00801. The van der Waals surface area contributed by atoms with Crippen LogP contribution in [0.1, 0.15) is 30.5 Å². The lowest BCUT2D eigenvalue weighted by Crippen LogP contribution is -2.32. The molecule has 5 nitrogen and oxygen atoms in total. The van der Waals surface area contributed by atoms with Crippen LogP contribution in [0.4, 0.5) is 0 Å². The maximum absolute atomic E-state index is 12.3. The Morgan fingerprint density at radius 1 is 1.35 bits per heavy atom. The molecular formula is C18H23N3O2. The van der Waals surface area contributed by atoms with Gasteiger partial charge in [0.25, 0.3) is 5.56 Å². The smallest absolute Gasteiger partial charge is 0.258 e. The van der Waals surface area contributed by atoms with Crippen LogP contribution in [0, 0.1) is 12.8 Å². The normalized spacial score (nSPS) is 21.4. The molecule has 3 heterocycles. The van der Waals surface area contributed by atoms with Gasteiger partial charge in [-0.15, -0.1) is 0 Å². The Balaban J connectivity index is 1.57. The van der Waals surface area contributed by atoms with Gasteiger partial charge in [-0.1, -0.05) is 6.07 Å². The van der Waals surface area contributed by atoms with Crippen LogP contribution in [-0.4, -0.2) is 40.1 Å². The van der Waals surface area contributed by atoms with Crippen LogP contribution in [0.5, 0.6) is 0 Å². The van der Waals surface area contributed by atoms with E-state index in [1.54, 1.807) is 10.5 Å². The van der Waals surface area contributed by atoms with E-state index in [1.807, 2.05) is 25.3 Å². The van der Waals surface area contributed by atoms with Gasteiger partial charge in [0, 0.05) is 38.0 Å². The van der Waals surface area contributed by atoms with Gasteiger partial charge in [-0.2, -0.15) is 0 Å². The van der Waals surface area contributed by atoms with Crippen LogP contribution in [0.2, 0.25) is 0 Å². The van der Waals surface area contributed by atoms with Crippen molar-refractivity contribution in [1.82, 2.24) is 14.3 Å². The maximum atomic E-state index is 12.3. The van der Waals surface area contributed by atoms with Crippen molar-refractivity contribution in [3.63, 3.8) is 0 Å². The number of pyridine rings is 1. The molecule has 0 amide bonds. The topological polar surface area (TPSA) is 46.8 Å². The third-order valence-corrected chi connectivity index (χ3v) is 4.81. The van der Waals surface area contributed by atoms with Gasteiger partial charge in [-0.3, -0.25) is 14.1 Å². The van der Waals surface area contributed by atoms with E-state index in [2.05, 4.69) is 4.90 Å². The van der Waals surface area contributed by atoms with Crippen molar-refractivity contribution in [2.75, 3.05) is 19.8 Å². The van der Waals surface area contributed by atoms with Crippen molar-refractivity contribution in [1.29, 1.82) is 0 Å². The summed E-state index contributed by atoms with van der Waals surface area (Å²) >= 11 is 0. The van der Waals surface area contributed by atoms with Crippen LogP contribution >= 0.6 is 0 Å². The zero-order valence-corrected chi connectivity index (χ0v) is 13.6. The second kappa shape index (κ2) is 6.06. The van der Waals surface area contributed by atoms with Gasteiger partial charge in [-0.25, -0.2) is 4.98 Å². The first-order valence-electron chi connectivity index (χ1n) is 8.50. The van der Waals surface area contributed by atoms with Crippen LogP contribution < -0.4 is 5.56 Å². The summed E-state index contributed by atoms with van der Waals surface area (Å²) in [5.74, 6) is 0.625. The Hall–Kier alpha value is -1.72. The number of nitrogens with zero attached hydrogens (tertiary/aromatic N) is 3. The Morgan fingerprint density at radius 2 is 2.22 bits per heavy atom. The first kappa shape index (κ1) is 14.8. The van der Waals surface area contributed by atoms with Crippen molar-refractivity contribution in [3.05, 3.63) is 46.0 Å². The molecule has 0 aromatic carbocycles.